The third-order valence-corrected chi connectivity index (χ3v) is 2.80. The molecule has 1 aromatic carbocycles. The molecule has 0 atom stereocenters. The lowest BCUT2D eigenvalue weighted by Gasteiger charge is -2.15. The van der Waals surface area contributed by atoms with E-state index in [9.17, 15) is 22.0 Å². The van der Waals surface area contributed by atoms with Crippen LogP contribution in [-0.4, -0.2) is 16.4 Å². The molecular weight excluding hydrogens is 291 g/mol. The van der Waals surface area contributed by atoms with Crippen molar-refractivity contribution >= 4 is 22.5 Å². The van der Waals surface area contributed by atoms with Crippen LogP contribution in [0.2, 0.25) is 5.15 Å². The Labute approximate surface area is 109 Å². The maximum atomic E-state index is 13.5. The van der Waals surface area contributed by atoms with Gasteiger partial charge >= 0.3 is 12.3 Å². The minimum Gasteiger partial charge on any atom is -0.226 e. The van der Waals surface area contributed by atoms with Crippen molar-refractivity contribution in [3.05, 3.63) is 34.5 Å². The van der Waals surface area contributed by atoms with Crippen LogP contribution in [0, 0.1) is 12.7 Å². The van der Waals surface area contributed by atoms with Gasteiger partial charge in [0.25, 0.3) is 0 Å². The minimum absolute atomic E-state index is 0.213. The van der Waals surface area contributed by atoms with E-state index in [0.717, 1.165) is 6.07 Å². The predicted molar refractivity (Wildman–Crippen MR) is 59.1 cm³/mol. The van der Waals surface area contributed by atoms with Crippen LogP contribution in [-0.2, 0) is 5.92 Å². The molecule has 0 spiro atoms. The molecule has 0 aliphatic heterocycles. The van der Waals surface area contributed by atoms with Crippen LogP contribution in [0.5, 0.6) is 0 Å². The van der Waals surface area contributed by atoms with Crippen molar-refractivity contribution in [2.45, 2.75) is 19.3 Å². The van der Waals surface area contributed by atoms with Gasteiger partial charge in [0.1, 0.15) is 11.0 Å². The molecule has 0 aliphatic rings. The molecule has 0 radical (unpaired) electrons. The Balaban J connectivity index is 2.79. The van der Waals surface area contributed by atoms with Gasteiger partial charge in [-0.25, -0.2) is 23.1 Å². The number of nitrogens with zero attached hydrogens (tertiary/aromatic N) is 2. The molecule has 102 valence electrons. The molecule has 0 saturated carbocycles. The van der Waals surface area contributed by atoms with Crippen molar-refractivity contribution in [2.24, 2.45) is 0 Å². The van der Waals surface area contributed by atoms with Gasteiger partial charge < -0.3 is 0 Å². The zero-order valence-corrected chi connectivity index (χ0v) is 10.2. The molecule has 2 nitrogen and oxygen atoms in total. The summed E-state index contributed by atoms with van der Waals surface area (Å²) in [5, 5.41) is -0.892. The summed E-state index contributed by atoms with van der Waals surface area (Å²) >= 11 is 5.58. The predicted octanol–water partition coefficient (Wildman–Crippen LogP) is 4.09. The van der Waals surface area contributed by atoms with Gasteiger partial charge in [0, 0.05) is 0 Å². The third kappa shape index (κ3) is 2.22. The number of hydrogen-bond acceptors (Lipinski definition) is 2. The second-order valence-corrected chi connectivity index (χ2v) is 4.21. The average molecular weight is 297 g/mol. The molecule has 0 aliphatic carbocycles. The fourth-order valence-corrected chi connectivity index (χ4v) is 1.80. The Kier molecular flexibility index (Phi) is 3.34. The van der Waals surface area contributed by atoms with Crippen LogP contribution in [0.1, 0.15) is 11.4 Å². The van der Waals surface area contributed by atoms with Crippen LogP contribution in [0.15, 0.2) is 12.1 Å². The Morgan fingerprint density at radius 3 is 2.42 bits per heavy atom. The quantitative estimate of drug-likeness (QED) is 0.616. The topological polar surface area (TPSA) is 25.8 Å². The largest absolute Gasteiger partial charge is 0.365 e. The number of benzene rings is 1. The van der Waals surface area contributed by atoms with Crippen molar-refractivity contribution in [3.8, 4) is 0 Å². The molecule has 0 N–H and O–H groups in total. The summed E-state index contributed by atoms with van der Waals surface area (Å²) in [5.41, 5.74) is 0.113. The lowest BCUT2D eigenvalue weighted by molar-refractivity contribution is -0.140. The van der Waals surface area contributed by atoms with Crippen molar-refractivity contribution < 1.29 is 22.0 Å². The first kappa shape index (κ1) is 13.9. The highest BCUT2D eigenvalue weighted by Crippen LogP contribution is 2.35. The van der Waals surface area contributed by atoms with E-state index in [0.29, 0.717) is 5.56 Å². The van der Waals surface area contributed by atoms with Gasteiger partial charge in [0.05, 0.1) is 10.9 Å². The average Bonchev–Trinajstić information content (AvgIpc) is 2.33. The molecular formula is C11H6ClF5N2. The summed E-state index contributed by atoms with van der Waals surface area (Å²) in [6.45, 7) is 1.47. The van der Waals surface area contributed by atoms with E-state index in [1.165, 1.54) is 13.0 Å². The second-order valence-electron chi connectivity index (χ2n) is 3.85. The lowest BCUT2D eigenvalue weighted by atomic mass is 10.1. The molecule has 0 amide bonds. The Morgan fingerprint density at radius 2 is 1.84 bits per heavy atom. The van der Waals surface area contributed by atoms with Crippen molar-refractivity contribution in [2.75, 3.05) is 0 Å². The van der Waals surface area contributed by atoms with Gasteiger partial charge in [-0.3, -0.25) is 0 Å². The first-order chi connectivity index (χ1) is 8.75. The van der Waals surface area contributed by atoms with Crippen LogP contribution in [0.25, 0.3) is 10.9 Å². The Morgan fingerprint density at radius 1 is 1.21 bits per heavy atom. The monoisotopic (exact) mass is 296 g/mol. The first-order valence-corrected chi connectivity index (χ1v) is 5.41. The highest BCUT2D eigenvalue weighted by atomic mass is 35.5. The van der Waals surface area contributed by atoms with Crippen LogP contribution >= 0.6 is 11.6 Å². The second kappa shape index (κ2) is 4.56. The standard InChI is InChI=1S/C11H6ClF5N2/c1-4-2-3-5(13)6-7(4)18-10(19-8(6)12)11(16,17)9(14)15/h2-3,9H,1H3. The van der Waals surface area contributed by atoms with Crippen molar-refractivity contribution in [1.29, 1.82) is 0 Å². The van der Waals surface area contributed by atoms with E-state index >= 15 is 0 Å². The summed E-state index contributed by atoms with van der Waals surface area (Å²) in [6, 6.07) is 2.35. The number of rotatable bonds is 2. The summed E-state index contributed by atoms with van der Waals surface area (Å²) in [5.74, 6) is -6.78. The van der Waals surface area contributed by atoms with E-state index in [1.807, 2.05) is 0 Å². The SMILES string of the molecule is Cc1ccc(F)c2c(Cl)nc(C(F)(F)C(F)F)nc12. The van der Waals surface area contributed by atoms with Crippen molar-refractivity contribution in [3.63, 3.8) is 0 Å². The third-order valence-electron chi connectivity index (χ3n) is 2.53. The molecule has 8 heteroatoms. The molecule has 0 unspecified atom stereocenters. The molecule has 0 saturated heterocycles. The van der Waals surface area contributed by atoms with Gasteiger partial charge in [0.2, 0.25) is 5.82 Å². The zero-order valence-electron chi connectivity index (χ0n) is 9.39. The molecule has 1 heterocycles. The van der Waals surface area contributed by atoms with E-state index < -0.39 is 29.1 Å². The molecule has 19 heavy (non-hydrogen) atoms. The fourth-order valence-electron chi connectivity index (χ4n) is 1.54. The number of halogens is 6. The van der Waals surface area contributed by atoms with Gasteiger partial charge in [-0.2, -0.15) is 8.78 Å². The number of aromatic nitrogens is 2. The van der Waals surface area contributed by atoms with Gasteiger partial charge in [-0.05, 0) is 18.6 Å². The van der Waals surface area contributed by atoms with E-state index in [2.05, 4.69) is 9.97 Å². The maximum absolute atomic E-state index is 13.5. The molecule has 0 bridgehead atoms. The Bertz CT molecular complexity index is 645. The van der Waals surface area contributed by atoms with Crippen LogP contribution < -0.4 is 0 Å². The fraction of sp³-hybridized carbons (Fsp3) is 0.273. The van der Waals surface area contributed by atoms with Crippen molar-refractivity contribution in [1.82, 2.24) is 9.97 Å². The molecule has 2 aromatic rings. The molecule has 0 fully saturated rings. The highest BCUT2D eigenvalue weighted by molar-refractivity contribution is 6.34. The highest BCUT2D eigenvalue weighted by Gasteiger charge is 2.46. The first-order valence-electron chi connectivity index (χ1n) is 5.04. The summed E-state index contributed by atoms with van der Waals surface area (Å²) in [7, 11) is 0. The van der Waals surface area contributed by atoms with E-state index in [-0.39, 0.29) is 10.9 Å². The number of alkyl halides is 4. The zero-order chi connectivity index (χ0) is 14.4. The van der Waals surface area contributed by atoms with Crippen LogP contribution in [0.3, 0.4) is 0 Å². The maximum Gasteiger partial charge on any atom is 0.365 e. The smallest absolute Gasteiger partial charge is 0.226 e. The summed E-state index contributed by atoms with van der Waals surface area (Å²) in [6.07, 6.45) is -3.98. The van der Waals surface area contributed by atoms with Gasteiger partial charge in [-0.15, -0.1) is 0 Å². The van der Waals surface area contributed by atoms with E-state index in [4.69, 9.17) is 11.6 Å². The number of fused-ring (bicyclic) bond motifs is 1. The summed E-state index contributed by atoms with van der Waals surface area (Å²) < 4.78 is 64.4. The molecule has 2 rings (SSSR count). The normalized spacial score (nSPS) is 12.4. The number of aryl methyl sites for hydroxylation is 1. The van der Waals surface area contributed by atoms with Crippen LogP contribution in [0.4, 0.5) is 22.0 Å². The number of hydrogen-bond donors (Lipinski definition) is 0. The summed E-state index contributed by atoms with van der Waals surface area (Å²) in [4.78, 5) is 6.40. The molecule has 1 aromatic heterocycles. The van der Waals surface area contributed by atoms with Gasteiger partial charge in [-0.1, -0.05) is 17.7 Å². The van der Waals surface area contributed by atoms with E-state index in [1.54, 1.807) is 0 Å². The minimum atomic E-state index is -4.55. The Hall–Kier alpha value is -1.50. The lowest BCUT2D eigenvalue weighted by Crippen LogP contribution is -2.26. The van der Waals surface area contributed by atoms with Gasteiger partial charge in [0.15, 0.2) is 0 Å².